The first-order chi connectivity index (χ1) is 8.06. The Bertz CT molecular complexity index is 426. The molecule has 0 radical (unpaired) electrons. The van der Waals surface area contributed by atoms with Crippen molar-refractivity contribution >= 4 is 10.0 Å². The van der Waals surface area contributed by atoms with E-state index in [4.69, 9.17) is 14.1 Å². The highest BCUT2D eigenvalue weighted by Gasteiger charge is 2.09. The molecule has 1 rings (SSSR count). The number of hydrogen-bond donors (Lipinski definition) is 2. The molecule has 96 valence electrons. The van der Waals surface area contributed by atoms with Crippen LogP contribution in [0.2, 0.25) is 0 Å². The zero-order chi connectivity index (χ0) is 12.7. The number of unbranched alkanes of at least 4 members (excludes halogenated alkanes) is 2. The predicted molar refractivity (Wildman–Crippen MR) is 67.2 cm³/mol. The van der Waals surface area contributed by atoms with Crippen LogP contribution >= 0.6 is 0 Å². The topological polar surface area (TPSA) is 70.4 Å². The van der Waals surface area contributed by atoms with Crippen LogP contribution in [0, 0.1) is 11.7 Å². The SMILES string of the molecule is Cc1ccc(S(=N)(=O)OCCCCCO)cc1. The van der Waals surface area contributed by atoms with Crippen molar-refractivity contribution in [2.24, 2.45) is 0 Å². The summed E-state index contributed by atoms with van der Waals surface area (Å²) in [6.45, 7) is 2.38. The molecule has 0 aliphatic rings. The zero-order valence-electron chi connectivity index (χ0n) is 10.0. The number of aryl methyl sites for hydroxylation is 1. The maximum absolute atomic E-state index is 11.9. The van der Waals surface area contributed by atoms with Crippen LogP contribution in [0.25, 0.3) is 0 Å². The smallest absolute Gasteiger partial charge is 0.190 e. The van der Waals surface area contributed by atoms with E-state index in [0.29, 0.717) is 17.7 Å². The minimum Gasteiger partial charge on any atom is -0.396 e. The lowest BCUT2D eigenvalue weighted by Crippen LogP contribution is -2.06. The lowest BCUT2D eigenvalue weighted by atomic mass is 10.2. The van der Waals surface area contributed by atoms with E-state index in [9.17, 15) is 4.21 Å². The molecule has 1 aromatic carbocycles. The Labute approximate surface area is 103 Å². The molecule has 0 aliphatic heterocycles. The third-order valence-corrected chi connectivity index (χ3v) is 3.77. The fourth-order valence-corrected chi connectivity index (χ4v) is 2.34. The molecule has 17 heavy (non-hydrogen) atoms. The van der Waals surface area contributed by atoms with Gasteiger partial charge < -0.3 is 5.11 Å². The van der Waals surface area contributed by atoms with Gasteiger partial charge in [0.05, 0.1) is 11.5 Å². The van der Waals surface area contributed by atoms with E-state index in [1.807, 2.05) is 19.1 Å². The molecule has 1 atom stereocenters. The second-order valence-electron chi connectivity index (χ2n) is 3.92. The third-order valence-electron chi connectivity index (χ3n) is 2.38. The Morgan fingerprint density at radius 3 is 2.47 bits per heavy atom. The lowest BCUT2D eigenvalue weighted by molar-refractivity contribution is 0.271. The molecule has 0 aromatic heterocycles. The molecule has 0 aliphatic carbocycles. The molecule has 0 fully saturated rings. The van der Waals surface area contributed by atoms with Crippen molar-refractivity contribution in [3.63, 3.8) is 0 Å². The molecule has 5 heteroatoms. The van der Waals surface area contributed by atoms with Gasteiger partial charge in [-0.25, -0.2) is 8.99 Å². The summed E-state index contributed by atoms with van der Waals surface area (Å²) in [4.78, 5) is 0.408. The molecule has 0 bridgehead atoms. The normalized spacial score (nSPS) is 14.5. The summed E-state index contributed by atoms with van der Waals surface area (Å²) < 4.78 is 24.7. The minimum atomic E-state index is -3.13. The Morgan fingerprint density at radius 2 is 1.88 bits per heavy atom. The zero-order valence-corrected chi connectivity index (χ0v) is 10.8. The van der Waals surface area contributed by atoms with Gasteiger partial charge in [0.25, 0.3) is 0 Å². The molecular formula is C12H19NO3S. The van der Waals surface area contributed by atoms with Crippen molar-refractivity contribution in [3.8, 4) is 0 Å². The van der Waals surface area contributed by atoms with Gasteiger partial charge in [0, 0.05) is 6.61 Å². The molecule has 0 amide bonds. The van der Waals surface area contributed by atoms with Gasteiger partial charge >= 0.3 is 0 Å². The van der Waals surface area contributed by atoms with Crippen molar-refractivity contribution in [3.05, 3.63) is 29.8 Å². The van der Waals surface area contributed by atoms with Crippen LogP contribution in [0.1, 0.15) is 24.8 Å². The van der Waals surface area contributed by atoms with Crippen molar-refractivity contribution in [2.45, 2.75) is 31.1 Å². The maximum Gasteiger partial charge on any atom is 0.190 e. The van der Waals surface area contributed by atoms with E-state index < -0.39 is 10.0 Å². The van der Waals surface area contributed by atoms with Gasteiger partial charge in [-0.3, -0.25) is 4.18 Å². The van der Waals surface area contributed by atoms with Crippen LogP contribution in [0.5, 0.6) is 0 Å². The Morgan fingerprint density at radius 1 is 1.24 bits per heavy atom. The van der Waals surface area contributed by atoms with E-state index >= 15 is 0 Å². The number of aliphatic hydroxyl groups excluding tert-OH is 1. The van der Waals surface area contributed by atoms with Crippen LogP contribution < -0.4 is 0 Å². The Hall–Kier alpha value is -0.910. The lowest BCUT2D eigenvalue weighted by Gasteiger charge is -2.08. The number of nitrogens with one attached hydrogen (secondary N) is 1. The Kier molecular flexibility index (Phi) is 5.61. The maximum atomic E-state index is 11.9. The second-order valence-corrected chi connectivity index (χ2v) is 5.64. The van der Waals surface area contributed by atoms with Gasteiger partial charge in [-0.15, -0.1) is 0 Å². The third kappa shape index (κ3) is 4.85. The summed E-state index contributed by atoms with van der Waals surface area (Å²) in [5, 5.41) is 8.60. The van der Waals surface area contributed by atoms with Crippen molar-refractivity contribution in [1.82, 2.24) is 0 Å². The highest BCUT2D eigenvalue weighted by Crippen LogP contribution is 2.14. The highest BCUT2D eigenvalue weighted by molar-refractivity contribution is 7.87. The molecule has 1 unspecified atom stereocenters. The van der Waals surface area contributed by atoms with Gasteiger partial charge in [0.2, 0.25) is 0 Å². The Balaban J connectivity index is 2.48. The number of hydrogen-bond acceptors (Lipinski definition) is 4. The number of aliphatic hydroxyl groups is 1. The standard InChI is InChI=1S/C12H19NO3S/c1-11-5-7-12(8-6-11)17(13,15)16-10-4-2-3-9-14/h5-8,13-14H,2-4,9-10H2,1H3. The van der Waals surface area contributed by atoms with Crippen molar-refractivity contribution in [1.29, 1.82) is 4.78 Å². The van der Waals surface area contributed by atoms with Crippen LogP contribution in [-0.2, 0) is 14.2 Å². The first-order valence-electron chi connectivity index (χ1n) is 5.67. The van der Waals surface area contributed by atoms with Crippen LogP contribution in [0.15, 0.2) is 29.2 Å². The molecular weight excluding hydrogens is 238 g/mol. The summed E-state index contributed by atoms with van der Waals surface area (Å²) >= 11 is 0. The van der Waals surface area contributed by atoms with E-state index in [0.717, 1.165) is 12.0 Å². The highest BCUT2D eigenvalue weighted by atomic mass is 32.2. The summed E-state index contributed by atoms with van der Waals surface area (Å²) in [7, 11) is -3.13. The first-order valence-corrected chi connectivity index (χ1v) is 7.15. The summed E-state index contributed by atoms with van der Waals surface area (Å²) in [6.07, 6.45) is 2.25. The van der Waals surface area contributed by atoms with E-state index in [1.165, 1.54) is 0 Å². The summed E-state index contributed by atoms with van der Waals surface area (Å²) in [6, 6.07) is 6.97. The largest absolute Gasteiger partial charge is 0.396 e. The van der Waals surface area contributed by atoms with Gasteiger partial charge in [-0.05, 0) is 38.3 Å². The molecule has 0 saturated heterocycles. The fourth-order valence-electron chi connectivity index (χ4n) is 1.35. The molecule has 0 spiro atoms. The monoisotopic (exact) mass is 257 g/mol. The first kappa shape index (κ1) is 14.2. The number of rotatable bonds is 7. The van der Waals surface area contributed by atoms with Crippen LogP contribution in [-0.4, -0.2) is 22.5 Å². The average molecular weight is 257 g/mol. The average Bonchev–Trinajstić information content (AvgIpc) is 2.29. The van der Waals surface area contributed by atoms with Gasteiger partial charge in [-0.2, -0.15) is 0 Å². The molecule has 0 heterocycles. The second kappa shape index (κ2) is 6.74. The molecule has 1 aromatic rings. The van der Waals surface area contributed by atoms with Crippen molar-refractivity contribution < 1.29 is 13.5 Å². The summed E-state index contributed by atoms with van der Waals surface area (Å²) in [5.41, 5.74) is 1.06. The molecule has 4 nitrogen and oxygen atoms in total. The molecule has 0 saturated carbocycles. The van der Waals surface area contributed by atoms with Gasteiger partial charge in [0.15, 0.2) is 10.0 Å². The van der Waals surface area contributed by atoms with E-state index in [2.05, 4.69) is 0 Å². The van der Waals surface area contributed by atoms with E-state index in [1.54, 1.807) is 12.1 Å². The summed E-state index contributed by atoms with van der Waals surface area (Å²) in [5.74, 6) is 0. The molecule has 2 N–H and O–H groups in total. The van der Waals surface area contributed by atoms with Gasteiger partial charge in [-0.1, -0.05) is 17.7 Å². The van der Waals surface area contributed by atoms with Crippen LogP contribution in [0.4, 0.5) is 0 Å². The number of benzene rings is 1. The van der Waals surface area contributed by atoms with E-state index in [-0.39, 0.29) is 13.2 Å². The minimum absolute atomic E-state index is 0.161. The van der Waals surface area contributed by atoms with Crippen LogP contribution in [0.3, 0.4) is 0 Å². The fraction of sp³-hybridized carbons (Fsp3) is 0.500. The predicted octanol–water partition coefficient (Wildman–Crippen LogP) is 2.49. The quantitative estimate of drug-likeness (QED) is 0.737. The van der Waals surface area contributed by atoms with Crippen molar-refractivity contribution in [2.75, 3.05) is 13.2 Å². The van der Waals surface area contributed by atoms with Gasteiger partial charge in [0.1, 0.15) is 0 Å².